The van der Waals surface area contributed by atoms with E-state index in [0.717, 1.165) is 32.1 Å². The number of ether oxygens (including phenoxy) is 2. The van der Waals surface area contributed by atoms with Crippen LogP contribution in [0.4, 0.5) is 0 Å². The van der Waals surface area contributed by atoms with Crippen molar-refractivity contribution in [2.24, 2.45) is 11.8 Å². The molecule has 3 rings (SSSR count). The van der Waals surface area contributed by atoms with Crippen molar-refractivity contribution >= 4 is 33.7 Å². The predicted molar refractivity (Wildman–Crippen MR) is 145 cm³/mol. The molecule has 0 saturated carbocycles. The topological polar surface area (TPSA) is 96.4 Å². The normalized spacial score (nSPS) is 29.9. The molecule has 1 spiro atoms. The summed E-state index contributed by atoms with van der Waals surface area (Å²) in [6.45, 7) is 11.4. The molecule has 1 N–H and O–H groups in total. The summed E-state index contributed by atoms with van der Waals surface area (Å²) in [6.07, 6.45) is 9.79. The van der Waals surface area contributed by atoms with Crippen LogP contribution in [0, 0.1) is 11.8 Å². The number of allylic oxidation sites excluding steroid dienone is 1. The van der Waals surface area contributed by atoms with Crippen LogP contribution >= 0.6 is 15.9 Å². The quantitative estimate of drug-likeness (QED) is 0.122. The Labute approximate surface area is 229 Å². The summed E-state index contributed by atoms with van der Waals surface area (Å²) < 4.78 is 12.1. The summed E-state index contributed by atoms with van der Waals surface area (Å²) in [5.41, 5.74) is -1.06. The van der Waals surface area contributed by atoms with Crippen LogP contribution < -0.4 is 0 Å². The number of carbonyl (C=O) groups excluding carboxylic acids is 3. The zero-order chi connectivity index (χ0) is 27.0. The van der Waals surface area contributed by atoms with E-state index in [2.05, 4.69) is 36.0 Å². The SMILES string of the molecule is C=CCCCOC(=O)[C@H]1[C@H]2C(=O)N(CCCCCCO)C(C(=O)N(CC=C)CCCC)C23CC(Br)[C@@H]1O3. The van der Waals surface area contributed by atoms with Crippen molar-refractivity contribution in [2.45, 2.75) is 87.3 Å². The van der Waals surface area contributed by atoms with Crippen LogP contribution in [-0.4, -0.2) is 88.1 Å². The van der Waals surface area contributed by atoms with Crippen molar-refractivity contribution in [1.29, 1.82) is 0 Å². The molecule has 3 fully saturated rings. The fourth-order valence-corrected chi connectivity index (χ4v) is 7.07. The van der Waals surface area contributed by atoms with Gasteiger partial charge in [0.25, 0.3) is 0 Å². The van der Waals surface area contributed by atoms with Crippen LogP contribution in [0.2, 0.25) is 0 Å². The third-order valence-corrected chi connectivity index (χ3v) is 8.69. The number of alkyl halides is 1. The first kappa shape index (κ1) is 29.8. The zero-order valence-corrected chi connectivity index (χ0v) is 23.7. The number of aliphatic hydroxyl groups is 1. The molecule has 0 radical (unpaired) electrons. The highest BCUT2D eigenvalue weighted by molar-refractivity contribution is 9.09. The van der Waals surface area contributed by atoms with E-state index < -0.39 is 35.6 Å². The van der Waals surface area contributed by atoms with Crippen LogP contribution in [0.15, 0.2) is 25.3 Å². The number of likely N-dealkylation sites (tertiary alicyclic amines) is 1. The van der Waals surface area contributed by atoms with E-state index in [4.69, 9.17) is 14.6 Å². The molecule has 0 aromatic heterocycles. The molecule has 0 aromatic carbocycles. The fourth-order valence-electron chi connectivity index (χ4n) is 6.13. The molecule has 37 heavy (non-hydrogen) atoms. The number of halogens is 1. The van der Waals surface area contributed by atoms with Gasteiger partial charge in [-0.25, -0.2) is 0 Å². The van der Waals surface area contributed by atoms with Crippen LogP contribution in [0.3, 0.4) is 0 Å². The summed E-state index contributed by atoms with van der Waals surface area (Å²) in [4.78, 5) is 44.7. The Morgan fingerprint density at radius 1 is 1.22 bits per heavy atom. The van der Waals surface area contributed by atoms with Crippen molar-refractivity contribution < 1.29 is 29.0 Å². The molecule has 3 heterocycles. The molecule has 3 aliphatic heterocycles. The van der Waals surface area contributed by atoms with E-state index in [-0.39, 0.29) is 29.9 Å². The second-order valence-corrected chi connectivity index (χ2v) is 11.5. The molecule has 9 heteroatoms. The number of fused-ring (bicyclic) bond motifs is 1. The average Bonchev–Trinajstić information content (AvgIpc) is 3.47. The molecule has 3 unspecified atom stereocenters. The van der Waals surface area contributed by atoms with Gasteiger partial charge >= 0.3 is 5.97 Å². The van der Waals surface area contributed by atoms with Gasteiger partial charge in [-0.05, 0) is 38.5 Å². The lowest BCUT2D eigenvalue weighted by atomic mass is 9.70. The maximum Gasteiger partial charge on any atom is 0.312 e. The van der Waals surface area contributed by atoms with Gasteiger partial charge in [-0.1, -0.05) is 54.3 Å². The first-order chi connectivity index (χ1) is 17.9. The molecule has 0 aliphatic carbocycles. The van der Waals surface area contributed by atoms with Crippen LogP contribution in [0.5, 0.6) is 0 Å². The largest absolute Gasteiger partial charge is 0.465 e. The van der Waals surface area contributed by atoms with Crippen LogP contribution in [0.1, 0.15) is 64.7 Å². The monoisotopic (exact) mass is 582 g/mol. The number of aliphatic hydroxyl groups excluding tert-OH is 1. The minimum absolute atomic E-state index is 0.139. The van der Waals surface area contributed by atoms with E-state index >= 15 is 0 Å². The van der Waals surface area contributed by atoms with Crippen LogP contribution in [0.25, 0.3) is 0 Å². The summed E-state index contributed by atoms with van der Waals surface area (Å²) >= 11 is 3.70. The van der Waals surface area contributed by atoms with Gasteiger partial charge in [0.15, 0.2) is 0 Å². The Bertz CT molecular complexity index is 837. The van der Waals surface area contributed by atoms with Crippen molar-refractivity contribution in [3.8, 4) is 0 Å². The number of rotatable bonds is 17. The van der Waals surface area contributed by atoms with Gasteiger partial charge in [0, 0.05) is 31.1 Å². The standard InChI is InChI=1S/C28H43BrN2O6/c1-4-7-13-18-36-27(35)21-22-25(33)31(16-11-9-10-12-17-32)24(28(22)19-20(29)23(21)37-28)26(34)30(14-6-3)15-8-5-2/h4,6,20-24,32H,1,3,5,7-19H2,2H3/t20?,21-,22-,23-,24?,28?/m0/s1. The van der Waals surface area contributed by atoms with Crippen LogP contribution in [-0.2, 0) is 23.9 Å². The molecule has 2 bridgehead atoms. The zero-order valence-electron chi connectivity index (χ0n) is 22.1. The number of carbonyl (C=O) groups is 3. The van der Waals surface area contributed by atoms with E-state index in [0.29, 0.717) is 45.3 Å². The van der Waals surface area contributed by atoms with E-state index in [1.807, 2.05) is 0 Å². The van der Waals surface area contributed by atoms with E-state index in [1.54, 1.807) is 22.0 Å². The highest BCUT2D eigenvalue weighted by atomic mass is 79.9. The number of nitrogens with zero attached hydrogens (tertiary/aromatic N) is 2. The highest BCUT2D eigenvalue weighted by Crippen LogP contribution is 2.60. The molecular formula is C28H43BrN2O6. The number of esters is 1. The second kappa shape index (κ2) is 13.9. The first-order valence-corrected chi connectivity index (χ1v) is 14.7. The average molecular weight is 584 g/mol. The molecule has 2 amide bonds. The summed E-state index contributed by atoms with van der Waals surface area (Å²) in [6, 6.07) is -0.789. The first-order valence-electron chi connectivity index (χ1n) is 13.8. The number of hydrogen-bond donors (Lipinski definition) is 1. The van der Waals surface area contributed by atoms with Gasteiger partial charge in [0.05, 0.1) is 24.5 Å². The highest BCUT2D eigenvalue weighted by Gasteiger charge is 2.77. The summed E-state index contributed by atoms with van der Waals surface area (Å²) in [5, 5.41) is 9.10. The lowest BCUT2D eigenvalue weighted by Gasteiger charge is -2.37. The smallest absolute Gasteiger partial charge is 0.312 e. The van der Waals surface area contributed by atoms with Gasteiger partial charge in [-0.2, -0.15) is 0 Å². The number of unbranched alkanes of at least 4 members (excludes halogenated alkanes) is 5. The Morgan fingerprint density at radius 3 is 2.65 bits per heavy atom. The second-order valence-electron chi connectivity index (χ2n) is 10.4. The van der Waals surface area contributed by atoms with Gasteiger partial charge < -0.3 is 24.4 Å². The Balaban J connectivity index is 1.90. The predicted octanol–water partition coefficient (Wildman–Crippen LogP) is 3.61. The number of hydrogen-bond acceptors (Lipinski definition) is 6. The summed E-state index contributed by atoms with van der Waals surface area (Å²) in [5.74, 6) is -2.23. The lowest BCUT2D eigenvalue weighted by Crippen LogP contribution is -2.57. The molecular weight excluding hydrogens is 540 g/mol. The molecule has 8 nitrogen and oxygen atoms in total. The Morgan fingerprint density at radius 2 is 1.97 bits per heavy atom. The molecule has 0 aromatic rings. The summed E-state index contributed by atoms with van der Waals surface area (Å²) in [7, 11) is 0. The third-order valence-electron chi connectivity index (χ3n) is 7.84. The van der Waals surface area contributed by atoms with Gasteiger partial charge in [0.1, 0.15) is 11.6 Å². The molecule has 3 aliphatic rings. The Hall–Kier alpha value is -1.71. The van der Waals surface area contributed by atoms with E-state index in [9.17, 15) is 14.4 Å². The van der Waals surface area contributed by atoms with Crippen molar-refractivity contribution in [3.63, 3.8) is 0 Å². The third kappa shape index (κ3) is 6.14. The number of amides is 2. The fraction of sp³-hybridized carbons (Fsp3) is 0.750. The van der Waals surface area contributed by atoms with Gasteiger partial charge in [-0.3, -0.25) is 14.4 Å². The lowest BCUT2D eigenvalue weighted by molar-refractivity contribution is -0.155. The maximum atomic E-state index is 14.1. The van der Waals surface area contributed by atoms with Gasteiger partial charge in [-0.15, -0.1) is 13.2 Å². The van der Waals surface area contributed by atoms with Crippen molar-refractivity contribution in [2.75, 3.05) is 32.8 Å². The van der Waals surface area contributed by atoms with Crippen molar-refractivity contribution in [1.82, 2.24) is 9.80 Å². The molecule has 3 saturated heterocycles. The Kier molecular flexibility index (Phi) is 11.2. The van der Waals surface area contributed by atoms with Gasteiger partial charge in [0.2, 0.25) is 11.8 Å². The molecule has 6 atom stereocenters. The van der Waals surface area contributed by atoms with Crippen molar-refractivity contribution in [3.05, 3.63) is 25.3 Å². The minimum atomic E-state index is -1.06. The molecule has 208 valence electrons. The maximum absolute atomic E-state index is 14.1. The van der Waals surface area contributed by atoms with E-state index in [1.165, 1.54) is 0 Å². The minimum Gasteiger partial charge on any atom is -0.465 e.